The van der Waals surface area contributed by atoms with Gasteiger partial charge in [0.15, 0.2) is 0 Å². The van der Waals surface area contributed by atoms with E-state index in [9.17, 15) is 0 Å². The predicted molar refractivity (Wildman–Crippen MR) is 131 cm³/mol. The van der Waals surface area contributed by atoms with Crippen LogP contribution in [-0.4, -0.2) is 8.07 Å². The molecule has 4 aliphatic carbocycles. The summed E-state index contributed by atoms with van der Waals surface area (Å²) in [5.74, 6) is 6.31. The Hall–Kier alpha value is 0.217. The molecular weight excluding hydrogens is 364 g/mol. The average Bonchev–Trinajstić information content (AvgIpc) is 3.26. The van der Waals surface area contributed by atoms with Crippen LogP contribution in [0.3, 0.4) is 0 Å². The molecule has 0 amide bonds. The zero-order valence-corrected chi connectivity index (χ0v) is 22.2. The normalized spacial score (nSPS) is 42.0. The molecule has 0 spiro atoms. The van der Waals surface area contributed by atoms with Crippen molar-refractivity contribution in [1.29, 1.82) is 0 Å². The van der Waals surface area contributed by atoms with Crippen LogP contribution >= 0.6 is 0 Å². The quantitative estimate of drug-likeness (QED) is 0.393. The van der Waals surface area contributed by atoms with Crippen LogP contribution in [0.5, 0.6) is 0 Å². The second-order valence-electron chi connectivity index (χ2n) is 14.7. The van der Waals surface area contributed by atoms with Crippen LogP contribution in [0.15, 0.2) is 0 Å². The predicted octanol–water partition coefficient (Wildman–Crippen LogP) is 9.18. The van der Waals surface area contributed by atoms with Gasteiger partial charge in [0.25, 0.3) is 0 Å². The summed E-state index contributed by atoms with van der Waals surface area (Å²) >= 11 is 0. The highest BCUT2D eigenvalue weighted by atomic mass is 28.3. The van der Waals surface area contributed by atoms with Gasteiger partial charge in [-0.25, -0.2) is 0 Å². The fraction of sp³-hybridized carbons (Fsp3) is 1.00. The third kappa shape index (κ3) is 4.05. The first kappa shape index (κ1) is 22.4. The molecule has 0 aromatic rings. The van der Waals surface area contributed by atoms with E-state index in [2.05, 4.69) is 54.6 Å². The standard InChI is InChI=1S/C28H52Si/c1-27(2,3)19-13-15-22-23-16-14-20(28(4,5)6)18-25(23)26(24(22)17-19)29(7,8)21-11-9-10-12-21/h19-26H,9-18H2,1-8H3. The van der Waals surface area contributed by atoms with Crippen LogP contribution < -0.4 is 0 Å². The first-order chi connectivity index (χ1) is 13.4. The van der Waals surface area contributed by atoms with Crippen molar-refractivity contribution in [2.75, 3.05) is 0 Å². The molecule has 4 saturated carbocycles. The maximum atomic E-state index is 2.87. The molecule has 4 aliphatic rings. The first-order valence-corrected chi connectivity index (χ1v) is 16.6. The lowest BCUT2D eigenvalue weighted by molar-refractivity contribution is 0.0722. The summed E-state index contributed by atoms with van der Waals surface area (Å²) in [7, 11) is -1.23. The van der Waals surface area contributed by atoms with E-state index in [4.69, 9.17) is 0 Å². The summed E-state index contributed by atoms with van der Waals surface area (Å²) in [6, 6.07) is 0. The molecule has 1 heteroatoms. The largest absolute Gasteiger partial charge is 0.0689 e. The second kappa shape index (κ2) is 7.67. The Kier molecular flexibility index (Phi) is 5.92. The molecule has 4 rings (SSSR count). The summed E-state index contributed by atoms with van der Waals surface area (Å²) in [5.41, 5.74) is 3.29. The van der Waals surface area contributed by atoms with Gasteiger partial charge in [0, 0.05) is 0 Å². The van der Waals surface area contributed by atoms with Gasteiger partial charge in [0.1, 0.15) is 0 Å². The molecule has 0 bridgehead atoms. The summed E-state index contributed by atoms with van der Waals surface area (Å²) in [6.07, 6.45) is 15.6. The molecule has 0 radical (unpaired) electrons. The topological polar surface area (TPSA) is 0 Å². The highest BCUT2D eigenvalue weighted by molar-refractivity contribution is 6.80. The van der Waals surface area contributed by atoms with Crippen molar-refractivity contribution in [2.24, 2.45) is 46.3 Å². The Balaban J connectivity index is 1.66. The van der Waals surface area contributed by atoms with Crippen molar-refractivity contribution in [1.82, 2.24) is 0 Å². The van der Waals surface area contributed by atoms with E-state index >= 15 is 0 Å². The third-order valence-corrected chi connectivity index (χ3v) is 16.4. The lowest BCUT2D eigenvalue weighted by Gasteiger charge is -2.48. The van der Waals surface area contributed by atoms with E-state index in [0.29, 0.717) is 10.8 Å². The molecule has 0 saturated heterocycles. The minimum absolute atomic E-state index is 0.510. The van der Waals surface area contributed by atoms with Gasteiger partial charge >= 0.3 is 0 Å². The Bertz CT molecular complexity index is 532. The number of hydrogen-bond donors (Lipinski definition) is 0. The van der Waals surface area contributed by atoms with Gasteiger partial charge in [0.2, 0.25) is 0 Å². The van der Waals surface area contributed by atoms with Gasteiger partial charge in [0.05, 0.1) is 8.07 Å². The minimum Gasteiger partial charge on any atom is -0.0689 e. The fourth-order valence-electron chi connectivity index (χ4n) is 9.28. The Morgan fingerprint density at radius 3 is 1.34 bits per heavy atom. The van der Waals surface area contributed by atoms with E-state index in [1.54, 1.807) is 38.5 Å². The van der Waals surface area contributed by atoms with Crippen LogP contribution in [-0.2, 0) is 0 Å². The van der Waals surface area contributed by atoms with Crippen molar-refractivity contribution < 1.29 is 0 Å². The molecule has 168 valence electrons. The van der Waals surface area contributed by atoms with Crippen LogP contribution in [0.25, 0.3) is 0 Å². The van der Waals surface area contributed by atoms with Gasteiger partial charge in [-0.2, -0.15) is 0 Å². The van der Waals surface area contributed by atoms with Crippen LogP contribution in [0.2, 0.25) is 24.2 Å². The zero-order chi connectivity index (χ0) is 21.2. The summed E-state index contributed by atoms with van der Waals surface area (Å²) in [4.78, 5) is 0. The molecular formula is C28H52Si. The van der Waals surface area contributed by atoms with Crippen molar-refractivity contribution in [3.63, 3.8) is 0 Å². The van der Waals surface area contributed by atoms with E-state index in [1.807, 2.05) is 0 Å². The van der Waals surface area contributed by atoms with E-state index in [1.165, 1.54) is 25.7 Å². The van der Waals surface area contributed by atoms with E-state index in [-0.39, 0.29) is 0 Å². The fourth-order valence-corrected chi connectivity index (χ4v) is 14.7. The Morgan fingerprint density at radius 1 is 0.552 bits per heavy atom. The lowest BCUT2D eigenvalue weighted by atomic mass is 9.62. The number of hydrogen-bond acceptors (Lipinski definition) is 0. The van der Waals surface area contributed by atoms with E-state index in [0.717, 1.165) is 46.6 Å². The minimum atomic E-state index is -1.23. The van der Waals surface area contributed by atoms with Crippen molar-refractivity contribution in [3.05, 3.63) is 0 Å². The maximum absolute atomic E-state index is 2.87. The third-order valence-electron chi connectivity index (χ3n) is 11.1. The number of rotatable bonds is 2. The average molecular weight is 417 g/mol. The second-order valence-corrected chi connectivity index (χ2v) is 19.9. The smallest absolute Gasteiger partial charge is 0.0541 e. The molecule has 0 aromatic heterocycles. The Labute approximate surface area is 184 Å². The maximum Gasteiger partial charge on any atom is 0.0541 e. The van der Waals surface area contributed by atoms with Crippen molar-refractivity contribution >= 4 is 8.07 Å². The van der Waals surface area contributed by atoms with Crippen molar-refractivity contribution in [3.8, 4) is 0 Å². The molecule has 29 heavy (non-hydrogen) atoms. The molecule has 0 aliphatic heterocycles. The summed E-state index contributed by atoms with van der Waals surface area (Å²) < 4.78 is 0. The summed E-state index contributed by atoms with van der Waals surface area (Å²) in [6.45, 7) is 20.9. The molecule has 0 N–H and O–H groups in total. The van der Waals surface area contributed by atoms with Crippen LogP contribution in [0.1, 0.15) is 106 Å². The molecule has 0 nitrogen and oxygen atoms in total. The SMILES string of the molecule is CC(C)(C)C1CCC2C3CCC(C(C)(C)C)CC3C([Si](C)(C)C3CCCC3)C2C1. The molecule has 0 aromatic carbocycles. The van der Waals surface area contributed by atoms with E-state index < -0.39 is 8.07 Å². The molecule has 6 unspecified atom stereocenters. The number of fused-ring (bicyclic) bond motifs is 3. The molecule has 6 atom stereocenters. The molecule has 0 heterocycles. The highest BCUT2D eigenvalue weighted by Gasteiger charge is 2.60. The van der Waals surface area contributed by atoms with Crippen LogP contribution in [0, 0.1) is 46.3 Å². The zero-order valence-electron chi connectivity index (χ0n) is 21.2. The van der Waals surface area contributed by atoms with Gasteiger partial charge in [-0.3, -0.25) is 0 Å². The van der Waals surface area contributed by atoms with Gasteiger partial charge in [-0.15, -0.1) is 0 Å². The highest BCUT2D eigenvalue weighted by Crippen LogP contribution is 2.68. The molecule has 4 fully saturated rings. The monoisotopic (exact) mass is 416 g/mol. The van der Waals surface area contributed by atoms with Gasteiger partial charge in [-0.05, 0) is 95.9 Å². The lowest BCUT2D eigenvalue weighted by Crippen LogP contribution is -2.45. The van der Waals surface area contributed by atoms with Crippen LogP contribution in [0.4, 0.5) is 0 Å². The first-order valence-electron chi connectivity index (χ1n) is 13.4. The summed E-state index contributed by atoms with van der Waals surface area (Å²) in [5, 5.41) is 0. The van der Waals surface area contributed by atoms with Gasteiger partial charge in [-0.1, -0.05) is 80.3 Å². The Morgan fingerprint density at radius 2 is 0.966 bits per heavy atom. The van der Waals surface area contributed by atoms with Gasteiger partial charge < -0.3 is 0 Å². The van der Waals surface area contributed by atoms with Crippen molar-refractivity contribution in [2.45, 2.75) is 130 Å².